The van der Waals surface area contributed by atoms with Crippen molar-refractivity contribution in [2.45, 2.75) is 58.9 Å². The summed E-state index contributed by atoms with van der Waals surface area (Å²) in [6.07, 6.45) is 4.79. The Balaban J connectivity index is 0.00000323. The quantitative estimate of drug-likeness (QED) is 0.197. The van der Waals surface area contributed by atoms with Gasteiger partial charge in [-0.05, 0) is 53.3 Å². The van der Waals surface area contributed by atoms with E-state index in [2.05, 4.69) is 67.1 Å². The van der Waals surface area contributed by atoms with Crippen LogP contribution in [0.4, 0.5) is 0 Å². The monoisotopic (exact) mass is 559 g/mol. The maximum absolute atomic E-state index is 12.6. The second kappa shape index (κ2) is 11.4. The molecule has 0 saturated heterocycles. The van der Waals surface area contributed by atoms with Gasteiger partial charge >= 0.3 is 5.97 Å². The predicted molar refractivity (Wildman–Crippen MR) is 150 cm³/mol. The Kier molecular flexibility index (Phi) is 7.90. The van der Waals surface area contributed by atoms with Crippen LogP contribution in [-0.4, -0.2) is 19.9 Å². The first-order chi connectivity index (χ1) is 19.0. The maximum Gasteiger partial charge on any atom is 0.311 e. The molecule has 0 atom stereocenters. The number of nitrogens with zero attached hydrogens (tertiary/aromatic N) is 1. The van der Waals surface area contributed by atoms with Gasteiger partial charge in [-0.2, -0.15) is 4.57 Å². The van der Waals surface area contributed by atoms with Crippen LogP contribution in [0.3, 0.4) is 0 Å². The molecule has 0 saturated carbocycles. The van der Waals surface area contributed by atoms with Gasteiger partial charge in [0, 0.05) is 30.2 Å². The number of hydrogen-bond donors (Lipinski definition) is 0. The van der Waals surface area contributed by atoms with E-state index in [4.69, 9.17) is 18.9 Å². The Labute approximate surface area is 241 Å². The van der Waals surface area contributed by atoms with E-state index in [0.717, 1.165) is 59.3 Å². The van der Waals surface area contributed by atoms with Gasteiger partial charge in [-0.1, -0.05) is 45.0 Å². The number of ether oxygens (including phenoxy) is 4. The first kappa shape index (κ1) is 27.8. The van der Waals surface area contributed by atoms with E-state index < -0.39 is 0 Å². The van der Waals surface area contributed by atoms with E-state index in [0.29, 0.717) is 23.8 Å². The van der Waals surface area contributed by atoms with E-state index in [1.165, 1.54) is 22.3 Å². The van der Waals surface area contributed by atoms with Crippen LogP contribution >= 0.6 is 0 Å². The Morgan fingerprint density at radius 2 is 1.77 bits per heavy atom. The summed E-state index contributed by atoms with van der Waals surface area (Å²) in [5.41, 5.74) is 7.29. The molecule has 0 fully saturated rings. The van der Waals surface area contributed by atoms with Gasteiger partial charge in [-0.15, -0.1) is 0 Å². The lowest BCUT2D eigenvalue weighted by Gasteiger charge is -2.21. The molecule has 3 aromatic carbocycles. The zero-order valence-corrected chi connectivity index (χ0v) is 24.1. The number of carbonyl (C=O) groups is 1. The van der Waals surface area contributed by atoms with Crippen LogP contribution in [0, 0.1) is 0 Å². The topological polar surface area (TPSA) is 57.9 Å². The van der Waals surface area contributed by atoms with Gasteiger partial charge in [0.1, 0.15) is 0 Å². The van der Waals surface area contributed by atoms with Gasteiger partial charge in [0.05, 0.1) is 18.1 Å². The number of halogens is 1. The first-order valence-corrected chi connectivity index (χ1v) is 13.7. The highest BCUT2D eigenvalue weighted by Gasteiger charge is 2.32. The van der Waals surface area contributed by atoms with Crippen LogP contribution in [0.5, 0.6) is 23.0 Å². The van der Waals surface area contributed by atoms with Crippen molar-refractivity contribution >= 4 is 16.7 Å². The summed E-state index contributed by atoms with van der Waals surface area (Å²) in [6.45, 7) is 7.44. The minimum Gasteiger partial charge on any atom is -1.00 e. The summed E-state index contributed by atoms with van der Waals surface area (Å²) < 4.78 is 25.4. The number of hydrogen-bond acceptors (Lipinski definition) is 5. The third-order valence-corrected chi connectivity index (χ3v) is 7.74. The van der Waals surface area contributed by atoms with Crippen molar-refractivity contribution in [1.82, 2.24) is 0 Å². The predicted octanol–water partition coefficient (Wildman–Crippen LogP) is 3.51. The van der Waals surface area contributed by atoms with Crippen molar-refractivity contribution in [3.63, 3.8) is 0 Å². The molecule has 6 rings (SSSR count). The third-order valence-electron chi connectivity index (χ3n) is 7.74. The normalized spacial score (nSPS) is 13.0. The molecular weight excluding hydrogens is 526 g/mol. The molecule has 7 heteroatoms. The molecule has 4 aromatic rings. The summed E-state index contributed by atoms with van der Waals surface area (Å²) in [7, 11) is 1.61. The summed E-state index contributed by atoms with van der Waals surface area (Å²) in [5.74, 6) is 2.84. The summed E-state index contributed by atoms with van der Waals surface area (Å²) >= 11 is 0. The molecule has 2 aliphatic rings. The van der Waals surface area contributed by atoms with Crippen LogP contribution in [-0.2, 0) is 24.2 Å². The van der Waals surface area contributed by atoms with Gasteiger partial charge in [-0.3, -0.25) is 4.79 Å². The minimum atomic E-state index is -0.255. The zero-order chi connectivity index (χ0) is 27.1. The molecule has 0 amide bonds. The summed E-state index contributed by atoms with van der Waals surface area (Å²) in [4.78, 5) is 12.6. The molecule has 0 N–H and O–H groups in total. The fraction of sp³-hybridized carbons (Fsp3) is 0.333. The average molecular weight is 560 g/mol. The Morgan fingerprint density at radius 3 is 2.48 bits per heavy atom. The first-order valence-electron chi connectivity index (χ1n) is 13.7. The smallest absolute Gasteiger partial charge is 0.311 e. The molecule has 0 unspecified atom stereocenters. The second-order valence-electron chi connectivity index (χ2n) is 10.6. The maximum atomic E-state index is 12.6. The van der Waals surface area contributed by atoms with Gasteiger partial charge in [0.15, 0.2) is 35.7 Å². The Morgan fingerprint density at radius 1 is 1.02 bits per heavy atom. The number of rotatable bonds is 7. The standard InChI is InChI=1S/C33H34NO5.ClH/c1-5-6-31(35)39-33-27-18-34-14-13-23-16-29-30(38-19-37-29)17-25(23)32(34)26(24(27)11-12-28(33)36-4)15-21-7-9-22(10-8-21)20(2)3;/h7-12,16-18,20H,5-6,13-15,19H2,1-4H3;1H/q+1;/p-1. The molecule has 40 heavy (non-hydrogen) atoms. The number of aryl methyl sites for hydroxylation is 2. The van der Waals surface area contributed by atoms with Crippen LogP contribution in [0.25, 0.3) is 22.0 Å². The lowest BCUT2D eigenvalue weighted by molar-refractivity contribution is -0.686. The highest BCUT2D eigenvalue weighted by Crippen LogP contribution is 2.44. The highest BCUT2D eigenvalue weighted by molar-refractivity contribution is 5.96. The molecule has 1 aromatic heterocycles. The molecule has 0 aliphatic carbocycles. The fourth-order valence-corrected chi connectivity index (χ4v) is 5.68. The second-order valence-corrected chi connectivity index (χ2v) is 10.6. The van der Waals surface area contributed by atoms with Crippen molar-refractivity contribution in [3.05, 3.63) is 77.0 Å². The average Bonchev–Trinajstić information content (AvgIpc) is 3.39. The molecule has 2 aliphatic heterocycles. The van der Waals surface area contributed by atoms with Crippen molar-refractivity contribution < 1.29 is 40.7 Å². The number of methoxy groups -OCH3 is 1. The van der Waals surface area contributed by atoms with Gasteiger partial charge in [0.25, 0.3) is 0 Å². The van der Waals surface area contributed by atoms with E-state index in [1.807, 2.05) is 13.0 Å². The number of aromatic nitrogens is 1. The van der Waals surface area contributed by atoms with E-state index in [1.54, 1.807) is 7.11 Å². The lowest BCUT2D eigenvalue weighted by Crippen LogP contribution is -3.00. The zero-order valence-electron chi connectivity index (χ0n) is 23.4. The summed E-state index contributed by atoms with van der Waals surface area (Å²) in [5, 5.41) is 1.92. The lowest BCUT2D eigenvalue weighted by atomic mass is 9.88. The minimum absolute atomic E-state index is 0. The molecule has 0 radical (unpaired) electrons. The molecular formula is C33H34ClNO5. The van der Waals surface area contributed by atoms with Crippen LogP contribution < -0.4 is 35.9 Å². The molecule has 6 nitrogen and oxygen atoms in total. The molecule has 0 spiro atoms. The van der Waals surface area contributed by atoms with Crippen LogP contribution in [0.1, 0.15) is 61.8 Å². The van der Waals surface area contributed by atoms with E-state index in [-0.39, 0.29) is 25.2 Å². The molecule has 3 heterocycles. The number of pyridine rings is 1. The Bertz CT molecular complexity index is 1580. The van der Waals surface area contributed by atoms with E-state index in [9.17, 15) is 4.79 Å². The van der Waals surface area contributed by atoms with Crippen molar-refractivity contribution in [1.29, 1.82) is 0 Å². The van der Waals surface area contributed by atoms with Crippen LogP contribution in [0.15, 0.2) is 54.7 Å². The SMILES string of the molecule is CCCC(=O)Oc1c(OC)ccc2c(Cc3ccc(C(C)C)cc3)c3[n+](cc12)CCc1cc2c(cc1-3)OCO2.[Cl-]. The van der Waals surface area contributed by atoms with Crippen molar-refractivity contribution in [2.75, 3.05) is 13.9 Å². The van der Waals surface area contributed by atoms with Crippen molar-refractivity contribution in [2.24, 2.45) is 0 Å². The van der Waals surface area contributed by atoms with Gasteiger partial charge in [-0.25, -0.2) is 0 Å². The number of benzene rings is 3. The third kappa shape index (κ3) is 4.97. The Hall–Kier alpha value is -3.77. The summed E-state index contributed by atoms with van der Waals surface area (Å²) in [6, 6.07) is 17.1. The van der Waals surface area contributed by atoms with Gasteiger partial charge in [0.2, 0.25) is 12.5 Å². The molecule has 208 valence electrons. The molecule has 0 bridgehead atoms. The largest absolute Gasteiger partial charge is 1.00 e. The number of esters is 1. The number of carbonyl (C=O) groups excluding carboxylic acids is 1. The van der Waals surface area contributed by atoms with E-state index >= 15 is 0 Å². The van der Waals surface area contributed by atoms with Crippen molar-refractivity contribution in [3.8, 4) is 34.3 Å². The fourth-order valence-electron chi connectivity index (χ4n) is 5.68. The highest BCUT2D eigenvalue weighted by atomic mass is 35.5. The van der Waals surface area contributed by atoms with Gasteiger partial charge < -0.3 is 31.4 Å². The van der Waals surface area contributed by atoms with Crippen LogP contribution in [0.2, 0.25) is 0 Å². The number of fused-ring (bicyclic) bond motifs is 5.